The first-order valence-corrected chi connectivity index (χ1v) is 6.36. The molecule has 6 heteroatoms. The third kappa shape index (κ3) is 4.64. The fourth-order valence-corrected chi connectivity index (χ4v) is 1.77. The molecule has 0 spiro atoms. The van der Waals surface area contributed by atoms with Crippen LogP contribution in [-0.4, -0.2) is 50.3 Å². The molecular formula is C14H20N2O4. The Morgan fingerprint density at radius 1 is 1.35 bits per heavy atom. The normalized spacial score (nSPS) is 11.9. The van der Waals surface area contributed by atoms with Crippen LogP contribution in [-0.2, 0) is 16.0 Å². The number of likely N-dealkylation sites (N-methyl/N-ethyl adjacent to an activating group) is 1. The van der Waals surface area contributed by atoms with Gasteiger partial charge in [-0.2, -0.15) is 0 Å². The molecule has 0 saturated carbocycles. The molecule has 1 aromatic carbocycles. The van der Waals surface area contributed by atoms with Crippen molar-refractivity contribution < 1.29 is 19.4 Å². The number of rotatable bonds is 8. The Kier molecular flexibility index (Phi) is 6.69. The quantitative estimate of drug-likeness (QED) is 0.636. The first kappa shape index (κ1) is 16.1. The SMILES string of the molecule is CNCCc1ccccc1C(=O)NCC(OC)C(=O)O. The van der Waals surface area contributed by atoms with E-state index < -0.39 is 12.1 Å². The Morgan fingerprint density at radius 2 is 2.05 bits per heavy atom. The van der Waals surface area contributed by atoms with Gasteiger partial charge in [-0.15, -0.1) is 0 Å². The molecule has 0 saturated heterocycles. The van der Waals surface area contributed by atoms with Gasteiger partial charge in [0.25, 0.3) is 5.91 Å². The Bertz CT molecular complexity index is 462. The fourth-order valence-electron chi connectivity index (χ4n) is 1.77. The maximum absolute atomic E-state index is 12.1. The maximum atomic E-state index is 12.1. The van der Waals surface area contributed by atoms with Gasteiger partial charge in [0.15, 0.2) is 6.10 Å². The smallest absolute Gasteiger partial charge is 0.334 e. The van der Waals surface area contributed by atoms with Gasteiger partial charge in [0, 0.05) is 12.7 Å². The minimum atomic E-state index is -1.10. The average Bonchev–Trinajstić information content (AvgIpc) is 2.45. The number of hydrogen-bond donors (Lipinski definition) is 3. The lowest BCUT2D eigenvalue weighted by Crippen LogP contribution is -2.38. The van der Waals surface area contributed by atoms with E-state index in [0.29, 0.717) is 5.56 Å². The summed E-state index contributed by atoms with van der Waals surface area (Å²) in [5.74, 6) is -1.39. The zero-order chi connectivity index (χ0) is 15.0. The van der Waals surface area contributed by atoms with E-state index in [9.17, 15) is 9.59 Å². The summed E-state index contributed by atoms with van der Waals surface area (Å²) in [5.41, 5.74) is 1.48. The van der Waals surface area contributed by atoms with Crippen molar-refractivity contribution in [2.75, 3.05) is 27.2 Å². The van der Waals surface area contributed by atoms with Crippen molar-refractivity contribution in [1.82, 2.24) is 10.6 Å². The number of aliphatic carboxylic acids is 1. The molecule has 1 unspecified atom stereocenters. The number of carbonyl (C=O) groups excluding carboxylic acids is 1. The Labute approximate surface area is 118 Å². The topological polar surface area (TPSA) is 87.7 Å². The summed E-state index contributed by atoms with van der Waals surface area (Å²) >= 11 is 0. The molecular weight excluding hydrogens is 260 g/mol. The van der Waals surface area contributed by atoms with Gasteiger partial charge in [0.05, 0.1) is 6.54 Å². The van der Waals surface area contributed by atoms with E-state index in [1.54, 1.807) is 12.1 Å². The molecule has 0 aliphatic carbocycles. The van der Waals surface area contributed by atoms with E-state index in [1.165, 1.54) is 7.11 Å². The van der Waals surface area contributed by atoms with Crippen LogP contribution in [0.2, 0.25) is 0 Å². The molecule has 0 aromatic heterocycles. The number of methoxy groups -OCH3 is 1. The van der Waals surface area contributed by atoms with Gasteiger partial charge < -0.3 is 20.5 Å². The van der Waals surface area contributed by atoms with Gasteiger partial charge in [-0.3, -0.25) is 4.79 Å². The molecule has 0 heterocycles. The number of benzene rings is 1. The first-order valence-electron chi connectivity index (χ1n) is 6.36. The maximum Gasteiger partial charge on any atom is 0.334 e. The van der Waals surface area contributed by atoms with Crippen LogP contribution < -0.4 is 10.6 Å². The zero-order valence-electron chi connectivity index (χ0n) is 11.7. The van der Waals surface area contributed by atoms with E-state index in [2.05, 4.69) is 10.6 Å². The molecule has 0 fully saturated rings. The summed E-state index contributed by atoms with van der Waals surface area (Å²) in [6, 6.07) is 7.26. The van der Waals surface area contributed by atoms with Crippen molar-refractivity contribution in [3.63, 3.8) is 0 Å². The summed E-state index contributed by atoms with van der Waals surface area (Å²) < 4.78 is 4.77. The molecule has 0 bridgehead atoms. The molecule has 0 radical (unpaired) electrons. The van der Waals surface area contributed by atoms with Crippen molar-refractivity contribution in [3.05, 3.63) is 35.4 Å². The Morgan fingerprint density at radius 3 is 2.65 bits per heavy atom. The molecule has 1 aromatic rings. The molecule has 1 rings (SSSR count). The van der Waals surface area contributed by atoms with Crippen LogP contribution >= 0.6 is 0 Å². The van der Waals surface area contributed by atoms with Gasteiger partial charge in [0.2, 0.25) is 0 Å². The molecule has 3 N–H and O–H groups in total. The highest BCUT2D eigenvalue weighted by Gasteiger charge is 2.18. The lowest BCUT2D eigenvalue weighted by atomic mass is 10.0. The predicted molar refractivity (Wildman–Crippen MR) is 74.8 cm³/mol. The third-order valence-corrected chi connectivity index (χ3v) is 2.91. The zero-order valence-corrected chi connectivity index (χ0v) is 11.7. The van der Waals surface area contributed by atoms with Crippen LogP contribution in [0.25, 0.3) is 0 Å². The summed E-state index contributed by atoms with van der Waals surface area (Å²) in [6.07, 6.45) is -0.310. The van der Waals surface area contributed by atoms with E-state index >= 15 is 0 Å². The summed E-state index contributed by atoms with van der Waals surface area (Å²) in [7, 11) is 3.14. The number of carboxylic acid groups (broad SMARTS) is 1. The molecule has 110 valence electrons. The lowest BCUT2D eigenvalue weighted by Gasteiger charge is -2.13. The van der Waals surface area contributed by atoms with Gasteiger partial charge in [-0.25, -0.2) is 4.79 Å². The van der Waals surface area contributed by atoms with Crippen LogP contribution in [0.3, 0.4) is 0 Å². The lowest BCUT2D eigenvalue weighted by molar-refractivity contribution is -0.148. The molecule has 0 aliphatic rings. The van der Waals surface area contributed by atoms with Gasteiger partial charge in [-0.1, -0.05) is 18.2 Å². The Hall–Kier alpha value is -1.92. The van der Waals surface area contributed by atoms with Gasteiger partial charge in [0.1, 0.15) is 0 Å². The minimum Gasteiger partial charge on any atom is -0.479 e. The summed E-state index contributed by atoms with van der Waals surface area (Å²) in [5, 5.41) is 14.5. The number of ether oxygens (including phenoxy) is 1. The summed E-state index contributed by atoms with van der Waals surface area (Å²) in [4.78, 5) is 22.9. The minimum absolute atomic E-state index is 0.0645. The molecule has 0 aliphatic heterocycles. The highest BCUT2D eigenvalue weighted by Crippen LogP contribution is 2.09. The van der Waals surface area contributed by atoms with Crippen molar-refractivity contribution >= 4 is 11.9 Å². The van der Waals surface area contributed by atoms with Gasteiger partial charge in [-0.05, 0) is 31.6 Å². The van der Waals surface area contributed by atoms with Crippen molar-refractivity contribution in [2.24, 2.45) is 0 Å². The number of nitrogens with one attached hydrogen (secondary N) is 2. The molecule has 1 amide bonds. The fraction of sp³-hybridized carbons (Fsp3) is 0.429. The van der Waals surface area contributed by atoms with Crippen LogP contribution in [0.1, 0.15) is 15.9 Å². The van der Waals surface area contributed by atoms with Crippen molar-refractivity contribution in [2.45, 2.75) is 12.5 Å². The standard InChI is InChI=1S/C14H20N2O4/c1-15-8-7-10-5-3-4-6-11(10)13(17)16-9-12(20-2)14(18)19/h3-6,12,15H,7-9H2,1-2H3,(H,16,17)(H,18,19). The van der Waals surface area contributed by atoms with E-state index in [4.69, 9.17) is 9.84 Å². The van der Waals surface area contributed by atoms with E-state index in [1.807, 2.05) is 19.2 Å². The second kappa shape index (κ2) is 8.29. The predicted octanol–water partition coefficient (Wildman–Crippen LogP) is 0.278. The second-order valence-electron chi connectivity index (χ2n) is 4.28. The van der Waals surface area contributed by atoms with E-state index in [-0.39, 0.29) is 12.5 Å². The number of carboxylic acids is 1. The molecule has 6 nitrogen and oxygen atoms in total. The first-order chi connectivity index (χ1) is 9.60. The monoisotopic (exact) mass is 280 g/mol. The molecule has 20 heavy (non-hydrogen) atoms. The van der Waals surface area contributed by atoms with Crippen LogP contribution in [0.4, 0.5) is 0 Å². The highest BCUT2D eigenvalue weighted by molar-refractivity contribution is 5.96. The highest BCUT2D eigenvalue weighted by atomic mass is 16.5. The van der Waals surface area contributed by atoms with Crippen LogP contribution in [0.5, 0.6) is 0 Å². The van der Waals surface area contributed by atoms with Crippen LogP contribution in [0, 0.1) is 0 Å². The number of hydrogen-bond acceptors (Lipinski definition) is 4. The number of amides is 1. The van der Waals surface area contributed by atoms with Crippen molar-refractivity contribution in [1.29, 1.82) is 0 Å². The van der Waals surface area contributed by atoms with Gasteiger partial charge >= 0.3 is 5.97 Å². The average molecular weight is 280 g/mol. The molecule has 1 atom stereocenters. The largest absolute Gasteiger partial charge is 0.479 e. The third-order valence-electron chi connectivity index (χ3n) is 2.91. The van der Waals surface area contributed by atoms with Crippen LogP contribution in [0.15, 0.2) is 24.3 Å². The van der Waals surface area contributed by atoms with Crippen molar-refractivity contribution in [3.8, 4) is 0 Å². The number of carbonyl (C=O) groups is 2. The Balaban J connectivity index is 2.69. The second-order valence-corrected chi connectivity index (χ2v) is 4.28. The van der Waals surface area contributed by atoms with E-state index in [0.717, 1.165) is 18.5 Å². The summed E-state index contributed by atoms with van der Waals surface area (Å²) in [6.45, 7) is 0.700.